The highest BCUT2D eigenvalue weighted by molar-refractivity contribution is 7.09. The molecule has 2 aromatic rings. The van der Waals surface area contributed by atoms with E-state index in [1.807, 2.05) is 52.0 Å². The minimum absolute atomic E-state index is 0.0157. The number of amides is 2. The van der Waals surface area contributed by atoms with Crippen molar-refractivity contribution < 1.29 is 9.59 Å². The van der Waals surface area contributed by atoms with E-state index in [0.717, 1.165) is 21.8 Å². The van der Waals surface area contributed by atoms with Crippen molar-refractivity contribution in [2.24, 2.45) is 5.92 Å². The number of rotatable bonds is 8. The van der Waals surface area contributed by atoms with Gasteiger partial charge in [-0.05, 0) is 37.5 Å². The van der Waals surface area contributed by atoms with Gasteiger partial charge in [-0.3, -0.25) is 14.4 Å². The summed E-state index contributed by atoms with van der Waals surface area (Å²) >= 11 is 1.21. The van der Waals surface area contributed by atoms with Crippen LogP contribution in [0.5, 0.6) is 0 Å². The van der Waals surface area contributed by atoms with E-state index in [0.29, 0.717) is 25.4 Å². The number of carbonyl (C=O) groups excluding carboxylic acids is 2. The number of carbonyl (C=O) groups is 2. The summed E-state index contributed by atoms with van der Waals surface area (Å²) in [5.74, 6) is 0.174. The van der Waals surface area contributed by atoms with E-state index < -0.39 is 0 Å². The van der Waals surface area contributed by atoms with Gasteiger partial charge in [-0.1, -0.05) is 37.3 Å². The van der Waals surface area contributed by atoms with Crippen molar-refractivity contribution >= 4 is 28.8 Å². The van der Waals surface area contributed by atoms with Gasteiger partial charge in [-0.25, -0.2) is 0 Å². The van der Waals surface area contributed by atoms with Crippen molar-refractivity contribution in [2.45, 2.75) is 53.6 Å². The molecule has 0 saturated carbocycles. The van der Waals surface area contributed by atoms with Crippen LogP contribution in [0.4, 0.5) is 5.69 Å². The fourth-order valence-corrected chi connectivity index (χ4v) is 3.55. The number of aromatic nitrogens is 1. The highest BCUT2D eigenvalue weighted by Crippen LogP contribution is 2.13. The Hall–Kier alpha value is -2.41. The number of anilines is 1. The maximum atomic E-state index is 12.1. The number of thiazole rings is 1. The Labute approximate surface area is 163 Å². The van der Waals surface area contributed by atoms with Gasteiger partial charge in [0.1, 0.15) is 0 Å². The Kier molecular flexibility index (Phi) is 7.36. The molecular weight excluding hydrogens is 362 g/mol. The molecule has 0 aliphatic heterocycles. The van der Waals surface area contributed by atoms with Crippen LogP contribution in [0.3, 0.4) is 0 Å². The van der Waals surface area contributed by atoms with Crippen molar-refractivity contribution in [3.05, 3.63) is 50.1 Å². The molecule has 146 valence electrons. The van der Waals surface area contributed by atoms with Crippen molar-refractivity contribution in [3.8, 4) is 0 Å². The molecule has 0 aliphatic rings. The Bertz CT molecular complexity index is 868. The summed E-state index contributed by atoms with van der Waals surface area (Å²) in [5, 5.41) is 5.74. The molecule has 2 rings (SSSR count). The first-order valence-corrected chi connectivity index (χ1v) is 9.90. The SMILES string of the molecule is Cc1sc(=O)n(CCC(=O)NCc2cccc(NC(=O)CC(C)C)c2)c1C. The first-order chi connectivity index (χ1) is 12.8. The second-order valence-electron chi connectivity index (χ2n) is 7.03. The lowest BCUT2D eigenvalue weighted by Crippen LogP contribution is -2.26. The van der Waals surface area contributed by atoms with Crippen molar-refractivity contribution in [2.75, 3.05) is 5.32 Å². The van der Waals surface area contributed by atoms with E-state index in [4.69, 9.17) is 0 Å². The van der Waals surface area contributed by atoms with Crippen LogP contribution in [0.2, 0.25) is 0 Å². The fourth-order valence-electron chi connectivity index (χ4n) is 2.69. The van der Waals surface area contributed by atoms with Crippen LogP contribution in [0, 0.1) is 19.8 Å². The van der Waals surface area contributed by atoms with Gasteiger partial charge in [0.15, 0.2) is 0 Å². The van der Waals surface area contributed by atoms with Gasteiger partial charge in [-0.15, -0.1) is 0 Å². The average Bonchev–Trinajstić information content (AvgIpc) is 2.83. The molecule has 7 heteroatoms. The minimum Gasteiger partial charge on any atom is -0.352 e. The summed E-state index contributed by atoms with van der Waals surface area (Å²) in [6.07, 6.45) is 0.726. The summed E-state index contributed by atoms with van der Waals surface area (Å²) in [6, 6.07) is 7.44. The Morgan fingerprint density at radius 3 is 2.56 bits per heavy atom. The maximum Gasteiger partial charge on any atom is 0.307 e. The van der Waals surface area contributed by atoms with E-state index in [1.54, 1.807) is 4.57 Å². The molecule has 1 heterocycles. The zero-order chi connectivity index (χ0) is 20.0. The monoisotopic (exact) mass is 389 g/mol. The van der Waals surface area contributed by atoms with Gasteiger partial charge in [0.25, 0.3) is 0 Å². The average molecular weight is 390 g/mol. The van der Waals surface area contributed by atoms with Crippen LogP contribution in [0.25, 0.3) is 0 Å². The second kappa shape index (κ2) is 9.50. The van der Waals surface area contributed by atoms with E-state index in [1.165, 1.54) is 11.3 Å². The zero-order valence-electron chi connectivity index (χ0n) is 16.3. The van der Waals surface area contributed by atoms with Crippen LogP contribution in [0.15, 0.2) is 29.1 Å². The third-order valence-electron chi connectivity index (χ3n) is 4.23. The molecule has 6 nitrogen and oxygen atoms in total. The zero-order valence-corrected chi connectivity index (χ0v) is 17.1. The Morgan fingerprint density at radius 2 is 1.93 bits per heavy atom. The number of hydrogen-bond donors (Lipinski definition) is 2. The molecule has 0 unspecified atom stereocenters. The van der Waals surface area contributed by atoms with Crippen LogP contribution in [-0.2, 0) is 22.7 Å². The van der Waals surface area contributed by atoms with Gasteiger partial charge in [0, 0.05) is 42.2 Å². The molecule has 0 spiro atoms. The highest BCUT2D eigenvalue weighted by Gasteiger charge is 2.10. The molecule has 0 bridgehead atoms. The molecule has 2 N–H and O–H groups in total. The smallest absolute Gasteiger partial charge is 0.307 e. The summed E-state index contributed by atoms with van der Waals surface area (Å²) in [4.78, 5) is 36.8. The molecule has 1 aromatic heterocycles. The third-order valence-corrected chi connectivity index (χ3v) is 5.23. The van der Waals surface area contributed by atoms with Gasteiger partial charge in [-0.2, -0.15) is 0 Å². The van der Waals surface area contributed by atoms with Gasteiger partial charge < -0.3 is 15.2 Å². The quantitative estimate of drug-likeness (QED) is 0.727. The summed E-state index contributed by atoms with van der Waals surface area (Å²) in [6.45, 7) is 8.56. The van der Waals surface area contributed by atoms with E-state index >= 15 is 0 Å². The molecule has 0 saturated heterocycles. The number of nitrogens with one attached hydrogen (secondary N) is 2. The number of benzene rings is 1. The molecule has 2 amide bonds. The molecule has 1 aromatic carbocycles. The largest absolute Gasteiger partial charge is 0.352 e. The van der Waals surface area contributed by atoms with Crippen LogP contribution in [0.1, 0.15) is 42.8 Å². The lowest BCUT2D eigenvalue weighted by molar-refractivity contribution is -0.121. The van der Waals surface area contributed by atoms with E-state index in [-0.39, 0.29) is 23.1 Å². The molecular formula is C20H27N3O3S. The van der Waals surface area contributed by atoms with Gasteiger partial charge >= 0.3 is 4.87 Å². The van der Waals surface area contributed by atoms with Gasteiger partial charge in [0.05, 0.1) is 0 Å². The lowest BCUT2D eigenvalue weighted by atomic mass is 10.1. The first-order valence-electron chi connectivity index (χ1n) is 9.08. The van der Waals surface area contributed by atoms with Crippen molar-refractivity contribution in [3.63, 3.8) is 0 Å². The molecule has 0 fully saturated rings. The van der Waals surface area contributed by atoms with E-state index in [2.05, 4.69) is 10.6 Å². The second-order valence-corrected chi connectivity index (χ2v) is 8.20. The number of nitrogens with zero attached hydrogens (tertiary/aromatic N) is 1. The topological polar surface area (TPSA) is 80.2 Å². The number of hydrogen-bond acceptors (Lipinski definition) is 4. The third kappa shape index (κ3) is 6.36. The van der Waals surface area contributed by atoms with Crippen LogP contribution in [-0.4, -0.2) is 16.4 Å². The van der Waals surface area contributed by atoms with Crippen LogP contribution >= 0.6 is 11.3 Å². The predicted octanol–water partition coefficient (Wildman–Crippen LogP) is 3.22. The first kappa shape index (κ1) is 20.9. The summed E-state index contributed by atoms with van der Waals surface area (Å²) < 4.78 is 1.64. The van der Waals surface area contributed by atoms with Crippen LogP contribution < -0.4 is 15.5 Å². The standard InChI is InChI=1S/C20H27N3O3S/c1-13(2)10-19(25)22-17-7-5-6-16(11-17)12-21-18(24)8-9-23-14(3)15(4)27-20(23)26/h5-7,11,13H,8-10,12H2,1-4H3,(H,21,24)(H,22,25). The van der Waals surface area contributed by atoms with Crippen molar-refractivity contribution in [1.82, 2.24) is 9.88 Å². The van der Waals surface area contributed by atoms with E-state index in [9.17, 15) is 14.4 Å². The maximum absolute atomic E-state index is 12.1. The lowest BCUT2D eigenvalue weighted by Gasteiger charge is -2.10. The normalized spacial score (nSPS) is 10.9. The van der Waals surface area contributed by atoms with Gasteiger partial charge in [0.2, 0.25) is 11.8 Å². The van der Waals surface area contributed by atoms with Crippen molar-refractivity contribution in [1.29, 1.82) is 0 Å². The summed E-state index contributed by atoms with van der Waals surface area (Å²) in [5.41, 5.74) is 2.55. The Balaban J connectivity index is 1.85. The number of aryl methyl sites for hydroxylation is 1. The highest BCUT2D eigenvalue weighted by atomic mass is 32.1. The molecule has 0 aliphatic carbocycles. The minimum atomic E-state index is -0.112. The molecule has 27 heavy (non-hydrogen) atoms. The Morgan fingerprint density at radius 1 is 1.19 bits per heavy atom. The fraction of sp³-hybridized carbons (Fsp3) is 0.450. The molecule has 0 radical (unpaired) electrons. The summed E-state index contributed by atoms with van der Waals surface area (Å²) in [7, 11) is 0. The molecule has 0 atom stereocenters. The predicted molar refractivity (Wildman–Crippen MR) is 109 cm³/mol.